The molecule has 0 spiro atoms. The average Bonchev–Trinajstić information content (AvgIpc) is 2.25. The zero-order valence-corrected chi connectivity index (χ0v) is 14.9. The van der Waals surface area contributed by atoms with Gasteiger partial charge in [-0.1, -0.05) is 6.42 Å². The van der Waals surface area contributed by atoms with Crippen molar-refractivity contribution in [3.05, 3.63) is 0 Å². The van der Waals surface area contributed by atoms with Crippen molar-refractivity contribution in [2.24, 2.45) is 0 Å². The molecule has 0 heterocycles. The first kappa shape index (κ1) is 19.6. The topological polar surface area (TPSA) is 51.5 Å². The molecule has 0 aromatic heterocycles. The fourth-order valence-electron chi connectivity index (χ4n) is 2.06. The van der Waals surface area contributed by atoms with Crippen LogP contribution in [0, 0.1) is 11.3 Å². The van der Waals surface area contributed by atoms with Crippen molar-refractivity contribution in [2.45, 2.75) is 91.6 Å². The monoisotopic (exact) mass is 301 g/mol. The molecule has 0 aliphatic carbocycles. The summed E-state index contributed by atoms with van der Waals surface area (Å²) in [5, 5.41) is 8.57. The van der Waals surface area contributed by atoms with Gasteiger partial charge in [0, 0.05) is 30.8 Å². The largest absolute Gasteiger partial charge is 0.501 e. The second-order valence-electron chi connectivity index (χ2n) is 5.90. The lowest BCUT2D eigenvalue weighted by molar-refractivity contribution is 0.00279. The van der Waals surface area contributed by atoms with E-state index in [4.69, 9.17) is 18.5 Å². The lowest BCUT2D eigenvalue weighted by atomic mass is 10.2. The summed E-state index contributed by atoms with van der Waals surface area (Å²) < 4.78 is 18.3. The summed E-state index contributed by atoms with van der Waals surface area (Å²) in [7, 11) is -2.63. The fourth-order valence-corrected chi connectivity index (χ4v) is 5.42. The van der Waals surface area contributed by atoms with Gasteiger partial charge >= 0.3 is 8.80 Å². The Morgan fingerprint density at radius 3 is 1.60 bits per heavy atom. The third kappa shape index (κ3) is 9.48. The van der Waals surface area contributed by atoms with Crippen molar-refractivity contribution in [3.63, 3.8) is 0 Å². The Hall–Kier alpha value is -0.413. The molecular formula is C15H31NO3Si. The van der Waals surface area contributed by atoms with E-state index in [-0.39, 0.29) is 18.3 Å². The Balaban J connectivity index is 4.65. The van der Waals surface area contributed by atoms with Gasteiger partial charge in [0.1, 0.15) is 0 Å². The Bertz CT molecular complexity index is 261. The van der Waals surface area contributed by atoms with Gasteiger partial charge in [0.05, 0.1) is 6.07 Å². The summed E-state index contributed by atoms with van der Waals surface area (Å²) in [6, 6.07) is 3.01. The predicted molar refractivity (Wildman–Crippen MR) is 83.3 cm³/mol. The summed E-state index contributed by atoms with van der Waals surface area (Å²) in [5.74, 6) is 0. The third-order valence-electron chi connectivity index (χ3n) is 2.52. The van der Waals surface area contributed by atoms with Crippen LogP contribution < -0.4 is 0 Å². The summed E-state index contributed by atoms with van der Waals surface area (Å²) in [6.07, 6.45) is 3.85. The number of unbranched alkanes of at least 4 members (excludes halogenated alkanes) is 3. The maximum atomic E-state index is 8.57. The number of hydrogen-bond acceptors (Lipinski definition) is 4. The molecule has 0 aromatic carbocycles. The summed E-state index contributed by atoms with van der Waals surface area (Å²) >= 11 is 0. The standard InChI is InChI=1S/C15H31NO3Si/c1-13(2)17-20(18-14(3)4,19-15(5)6)12-10-8-7-9-11-16/h13-15H,7-10,12H2,1-6H3. The van der Waals surface area contributed by atoms with E-state index in [0.29, 0.717) is 6.42 Å². The Morgan fingerprint density at radius 1 is 0.800 bits per heavy atom. The zero-order valence-electron chi connectivity index (χ0n) is 13.9. The van der Waals surface area contributed by atoms with Gasteiger partial charge in [-0.2, -0.15) is 5.26 Å². The van der Waals surface area contributed by atoms with Gasteiger partial charge in [0.25, 0.3) is 0 Å². The molecule has 0 radical (unpaired) electrons. The average molecular weight is 302 g/mol. The molecule has 0 N–H and O–H groups in total. The molecule has 0 aromatic rings. The molecule has 118 valence electrons. The predicted octanol–water partition coefficient (Wildman–Crippen LogP) is 4.28. The van der Waals surface area contributed by atoms with E-state index in [1.807, 2.05) is 41.5 Å². The number of nitrogens with zero attached hydrogens (tertiary/aromatic N) is 1. The second kappa shape index (κ2) is 10.3. The lowest BCUT2D eigenvalue weighted by Gasteiger charge is -2.34. The minimum Gasteiger partial charge on any atom is -0.371 e. The van der Waals surface area contributed by atoms with Crippen molar-refractivity contribution in [2.75, 3.05) is 0 Å². The highest BCUT2D eigenvalue weighted by atomic mass is 28.4. The summed E-state index contributed by atoms with van der Waals surface area (Å²) in [5.41, 5.74) is 0. The molecule has 0 aliphatic rings. The number of nitriles is 1. The molecule has 0 amide bonds. The van der Waals surface area contributed by atoms with Gasteiger partial charge < -0.3 is 13.3 Å². The van der Waals surface area contributed by atoms with Crippen LogP contribution >= 0.6 is 0 Å². The SMILES string of the molecule is CC(C)O[Si](CCCCCC#N)(OC(C)C)OC(C)C. The molecule has 20 heavy (non-hydrogen) atoms. The normalized spacial score (nSPS) is 12.4. The first-order chi connectivity index (χ1) is 9.31. The first-order valence-electron chi connectivity index (χ1n) is 7.71. The van der Waals surface area contributed by atoms with Crippen molar-refractivity contribution in [3.8, 4) is 6.07 Å². The van der Waals surface area contributed by atoms with Gasteiger partial charge in [-0.3, -0.25) is 0 Å². The molecule has 0 bridgehead atoms. The Morgan fingerprint density at radius 2 is 1.25 bits per heavy atom. The van der Waals surface area contributed by atoms with E-state index in [9.17, 15) is 0 Å². The highest BCUT2D eigenvalue weighted by molar-refractivity contribution is 6.60. The molecule has 0 fully saturated rings. The Labute approximate surface area is 125 Å². The maximum Gasteiger partial charge on any atom is 0.501 e. The van der Waals surface area contributed by atoms with E-state index in [0.717, 1.165) is 25.3 Å². The molecule has 0 atom stereocenters. The first-order valence-corrected chi connectivity index (χ1v) is 9.65. The minimum absolute atomic E-state index is 0.0956. The van der Waals surface area contributed by atoms with Crippen LogP contribution in [-0.4, -0.2) is 27.1 Å². The zero-order chi connectivity index (χ0) is 15.6. The third-order valence-corrected chi connectivity index (χ3v) is 5.97. The van der Waals surface area contributed by atoms with Crippen LogP contribution in [0.2, 0.25) is 6.04 Å². The fraction of sp³-hybridized carbons (Fsp3) is 0.933. The maximum absolute atomic E-state index is 8.57. The van der Waals surface area contributed by atoms with Crippen molar-refractivity contribution < 1.29 is 13.3 Å². The van der Waals surface area contributed by atoms with E-state index >= 15 is 0 Å². The van der Waals surface area contributed by atoms with E-state index in [2.05, 4.69) is 6.07 Å². The van der Waals surface area contributed by atoms with Gasteiger partial charge in [0.15, 0.2) is 0 Å². The second-order valence-corrected chi connectivity index (χ2v) is 8.47. The smallest absolute Gasteiger partial charge is 0.371 e. The highest BCUT2D eigenvalue weighted by Crippen LogP contribution is 2.24. The van der Waals surface area contributed by atoms with Crippen LogP contribution in [0.4, 0.5) is 0 Å². The molecule has 4 nitrogen and oxygen atoms in total. The molecule has 0 unspecified atom stereocenters. The molecule has 0 aliphatic heterocycles. The molecule has 0 saturated heterocycles. The van der Waals surface area contributed by atoms with Gasteiger partial charge in [-0.25, -0.2) is 0 Å². The van der Waals surface area contributed by atoms with Gasteiger partial charge in [0.2, 0.25) is 0 Å². The van der Waals surface area contributed by atoms with Crippen LogP contribution in [0.5, 0.6) is 0 Å². The van der Waals surface area contributed by atoms with E-state index < -0.39 is 8.80 Å². The molecule has 5 heteroatoms. The molecule has 0 saturated carbocycles. The van der Waals surface area contributed by atoms with Crippen molar-refractivity contribution >= 4 is 8.80 Å². The minimum atomic E-state index is -2.63. The number of rotatable bonds is 11. The summed E-state index contributed by atoms with van der Waals surface area (Å²) in [6.45, 7) is 12.1. The highest BCUT2D eigenvalue weighted by Gasteiger charge is 2.43. The van der Waals surface area contributed by atoms with Crippen LogP contribution in [0.3, 0.4) is 0 Å². The van der Waals surface area contributed by atoms with E-state index in [1.54, 1.807) is 0 Å². The van der Waals surface area contributed by atoms with Crippen LogP contribution in [0.15, 0.2) is 0 Å². The number of hydrogen-bond donors (Lipinski definition) is 0. The van der Waals surface area contributed by atoms with Crippen LogP contribution in [0.1, 0.15) is 67.2 Å². The molecule has 0 rings (SSSR count). The van der Waals surface area contributed by atoms with Gasteiger partial charge in [-0.05, 0) is 54.4 Å². The van der Waals surface area contributed by atoms with E-state index in [1.165, 1.54) is 0 Å². The van der Waals surface area contributed by atoms with Gasteiger partial charge in [-0.15, -0.1) is 0 Å². The lowest BCUT2D eigenvalue weighted by Crippen LogP contribution is -2.50. The van der Waals surface area contributed by atoms with Crippen molar-refractivity contribution in [1.29, 1.82) is 5.26 Å². The van der Waals surface area contributed by atoms with Crippen molar-refractivity contribution in [1.82, 2.24) is 0 Å². The Kier molecular flexibility index (Phi) is 10.1. The summed E-state index contributed by atoms with van der Waals surface area (Å²) in [4.78, 5) is 0. The quantitative estimate of drug-likeness (QED) is 0.422. The molecular weight excluding hydrogens is 270 g/mol. The van der Waals surface area contributed by atoms with Crippen LogP contribution in [-0.2, 0) is 13.3 Å². The van der Waals surface area contributed by atoms with Crippen LogP contribution in [0.25, 0.3) is 0 Å².